The number of nitrogens with zero attached hydrogens (tertiary/aromatic N) is 3. The Bertz CT molecular complexity index is 364. The minimum atomic E-state index is 0.161. The second-order valence-corrected chi connectivity index (χ2v) is 6.59. The topological polar surface area (TPSA) is 41.1 Å². The van der Waals surface area contributed by atoms with Crippen molar-refractivity contribution in [2.75, 3.05) is 30.3 Å². The van der Waals surface area contributed by atoms with Crippen molar-refractivity contribution < 1.29 is 0 Å². The highest BCUT2D eigenvalue weighted by Crippen LogP contribution is 2.30. The van der Waals surface area contributed by atoms with E-state index in [-0.39, 0.29) is 5.54 Å². The van der Waals surface area contributed by atoms with Crippen LogP contribution < -0.4 is 10.2 Å². The van der Waals surface area contributed by atoms with Gasteiger partial charge < -0.3 is 10.2 Å². The Morgan fingerprint density at radius 2 is 2.29 bits per heavy atom. The summed E-state index contributed by atoms with van der Waals surface area (Å²) in [5, 5.41) is 4.63. The van der Waals surface area contributed by atoms with E-state index in [2.05, 4.69) is 39.7 Å². The number of hydrogen-bond acceptors (Lipinski definition) is 6. The molecule has 0 spiro atoms. The van der Waals surface area contributed by atoms with E-state index in [9.17, 15) is 0 Å². The van der Waals surface area contributed by atoms with Gasteiger partial charge in [0.25, 0.3) is 0 Å². The Kier molecular flexibility index (Phi) is 4.27. The van der Waals surface area contributed by atoms with Gasteiger partial charge in [-0.2, -0.15) is 8.75 Å². The summed E-state index contributed by atoms with van der Waals surface area (Å²) in [6.45, 7) is 9.70. The summed E-state index contributed by atoms with van der Waals surface area (Å²) in [5.41, 5.74) is 0.161. The maximum absolute atomic E-state index is 4.47. The SMILES string of the molecule is CCCSc1nsnc1N1CCNC(C)(C)C1. The monoisotopic (exact) mass is 272 g/mol. The van der Waals surface area contributed by atoms with E-state index in [0.717, 1.165) is 36.2 Å². The Hall–Kier alpha value is -0.330. The predicted octanol–water partition coefficient (Wildman–Crippen LogP) is 2.23. The molecule has 0 atom stereocenters. The fourth-order valence-corrected chi connectivity index (χ4v) is 3.53. The third-order valence-electron chi connectivity index (χ3n) is 2.76. The minimum absolute atomic E-state index is 0.161. The van der Waals surface area contributed by atoms with Gasteiger partial charge in [-0.15, -0.1) is 11.8 Å². The maximum Gasteiger partial charge on any atom is 0.176 e. The molecule has 1 aromatic heterocycles. The largest absolute Gasteiger partial charge is 0.350 e. The van der Waals surface area contributed by atoms with Crippen molar-refractivity contribution in [2.24, 2.45) is 0 Å². The first-order valence-corrected chi connectivity index (χ1v) is 7.79. The van der Waals surface area contributed by atoms with Crippen LogP contribution in [0.25, 0.3) is 0 Å². The Labute approximate surface area is 112 Å². The molecule has 1 saturated heterocycles. The maximum atomic E-state index is 4.47. The molecule has 6 heteroatoms. The summed E-state index contributed by atoms with van der Waals surface area (Å²) in [5.74, 6) is 2.21. The molecule has 1 fully saturated rings. The highest BCUT2D eigenvalue weighted by atomic mass is 32.2. The van der Waals surface area contributed by atoms with Crippen LogP contribution in [0, 0.1) is 0 Å². The first-order chi connectivity index (χ1) is 8.12. The normalized spacial score (nSPS) is 19.6. The molecule has 0 aliphatic carbocycles. The van der Waals surface area contributed by atoms with Crippen LogP contribution in [0.15, 0.2) is 5.03 Å². The summed E-state index contributed by atoms with van der Waals surface area (Å²) in [7, 11) is 0. The zero-order chi connectivity index (χ0) is 12.3. The molecule has 0 unspecified atom stereocenters. The smallest absolute Gasteiger partial charge is 0.176 e. The summed E-state index contributed by atoms with van der Waals surface area (Å²) >= 11 is 3.15. The zero-order valence-corrected chi connectivity index (χ0v) is 12.3. The highest BCUT2D eigenvalue weighted by Gasteiger charge is 2.28. The first-order valence-electron chi connectivity index (χ1n) is 6.08. The molecule has 0 radical (unpaired) electrons. The van der Waals surface area contributed by atoms with Gasteiger partial charge in [0.15, 0.2) is 10.8 Å². The molecule has 0 amide bonds. The van der Waals surface area contributed by atoms with Crippen LogP contribution in [0.4, 0.5) is 5.82 Å². The van der Waals surface area contributed by atoms with Gasteiger partial charge in [-0.3, -0.25) is 0 Å². The molecule has 96 valence electrons. The van der Waals surface area contributed by atoms with Crippen LogP contribution in [0.5, 0.6) is 0 Å². The highest BCUT2D eigenvalue weighted by molar-refractivity contribution is 7.99. The van der Waals surface area contributed by atoms with Gasteiger partial charge >= 0.3 is 0 Å². The predicted molar refractivity (Wildman–Crippen MR) is 75.2 cm³/mol. The second kappa shape index (κ2) is 5.54. The number of nitrogens with one attached hydrogen (secondary N) is 1. The van der Waals surface area contributed by atoms with Crippen LogP contribution in [0.1, 0.15) is 27.2 Å². The van der Waals surface area contributed by atoms with Crippen molar-refractivity contribution >= 4 is 29.3 Å². The fraction of sp³-hybridized carbons (Fsp3) is 0.818. The molecule has 1 N–H and O–H groups in total. The van der Waals surface area contributed by atoms with Gasteiger partial charge in [-0.05, 0) is 26.0 Å². The number of anilines is 1. The van der Waals surface area contributed by atoms with Gasteiger partial charge in [-0.25, -0.2) is 0 Å². The van der Waals surface area contributed by atoms with Crippen molar-refractivity contribution in [3.63, 3.8) is 0 Å². The number of rotatable bonds is 4. The molecule has 17 heavy (non-hydrogen) atoms. The van der Waals surface area contributed by atoms with E-state index in [1.165, 1.54) is 18.1 Å². The molecule has 0 aromatic carbocycles. The Morgan fingerprint density at radius 3 is 3.00 bits per heavy atom. The van der Waals surface area contributed by atoms with Gasteiger partial charge in [-0.1, -0.05) is 6.92 Å². The Balaban J connectivity index is 2.08. The molecule has 1 aromatic rings. The molecule has 0 bridgehead atoms. The first kappa shape index (κ1) is 13.1. The average Bonchev–Trinajstić information content (AvgIpc) is 2.73. The van der Waals surface area contributed by atoms with Gasteiger partial charge in [0.05, 0.1) is 11.7 Å². The lowest BCUT2D eigenvalue weighted by Gasteiger charge is -2.39. The number of piperazine rings is 1. The summed E-state index contributed by atoms with van der Waals surface area (Å²) < 4.78 is 8.87. The van der Waals surface area contributed by atoms with Crippen molar-refractivity contribution in [3.05, 3.63) is 0 Å². The molecular formula is C11H20N4S2. The van der Waals surface area contributed by atoms with Crippen molar-refractivity contribution in [1.29, 1.82) is 0 Å². The van der Waals surface area contributed by atoms with Crippen LogP contribution in [-0.4, -0.2) is 39.7 Å². The van der Waals surface area contributed by atoms with Crippen molar-refractivity contribution in [2.45, 2.75) is 37.8 Å². The Morgan fingerprint density at radius 1 is 1.47 bits per heavy atom. The molecule has 2 rings (SSSR count). The zero-order valence-electron chi connectivity index (χ0n) is 10.7. The lowest BCUT2D eigenvalue weighted by molar-refractivity contribution is 0.351. The van der Waals surface area contributed by atoms with Gasteiger partial charge in [0.1, 0.15) is 0 Å². The third kappa shape index (κ3) is 3.33. The van der Waals surface area contributed by atoms with E-state index in [1.807, 2.05) is 11.8 Å². The van der Waals surface area contributed by atoms with E-state index < -0.39 is 0 Å². The molecule has 2 heterocycles. The third-order valence-corrected chi connectivity index (χ3v) is 4.55. The molecule has 4 nitrogen and oxygen atoms in total. The van der Waals surface area contributed by atoms with Crippen LogP contribution >= 0.6 is 23.5 Å². The quantitative estimate of drug-likeness (QED) is 0.851. The van der Waals surface area contributed by atoms with E-state index >= 15 is 0 Å². The molecule has 1 aliphatic heterocycles. The van der Waals surface area contributed by atoms with E-state index in [0.29, 0.717) is 0 Å². The van der Waals surface area contributed by atoms with Crippen LogP contribution in [-0.2, 0) is 0 Å². The molecule has 0 saturated carbocycles. The summed E-state index contributed by atoms with van der Waals surface area (Å²) in [6, 6.07) is 0. The van der Waals surface area contributed by atoms with E-state index in [4.69, 9.17) is 0 Å². The molecule has 1 aliphatic rings. The fourth-order valence-electron chi connectivity index (χ4n) is 1.98. The second-order valence-electron chi connectivity index (χ2n) is 4.97. The number of hydrogen-bond donors (Lipinski definition) is 1. The van der Waals surface area contributed by atoms with E-state index in [1.54, 1.807) is 0 Å². The lowest BCUT2D eigenvalue weighted by atomic mass is 10.0. The molecular weight excluding hydrogens is 252 g/mol. The number of thioether (sulfide) groups is 1. The van der Waals surface area contributed by atoms with Crippen molar-refractivity contribution in [3.8, 4) is 0 Å². The summed E-state index contributed by atoms with van der Waals surface area (Å²) in [6.07, 6.45) is 1.18. The van der Waals surface area contributed by atoms with Crippen LogP contribution in [0.2, 0.25) is 0 Å². The van der Waals surface area contributed by atoms with Crippen molar-refractivity contribution in [1.82, 2.24) is 14.1 Å². The minimum Gasteiger partial charge on any atom is -0.350 e. The summed E-state index contributed by atoms with van der Waals surface area (Å²) in [4.78, 5) is 2.36. The average molecular weight is 272 g/mol. The van der Waals surface area contributed by atoms with Crippen LogP contribution in [0.3, 0.4) is 0 Å². The van der Waals surface area contributed by atoms with Gasteiger partial charge in [0.2, 0.25) is 0 Å². The standard InChI is InChI=1S/C11H20N4S2/c1-4-7-16-10-9(13-17-14-10)15-6-5-12-11(2,3)8-15/h12H,4-8H2,1-3H3. The van der Waals surface area contributed by atoms with Gasteiger partial charge in [0, 0.05) is 25.2 Å². The number of aromatic nitrogens is 2. The lowest BCUT2D eigenvalue weighted by Crippen LogP contribution is -2.57.